The van der Waals surface area contributed by atoms with E-state index >= 15 is 0 Å². The Kier molecular flexibility index (Phi) is 5.52. The van der Waals surface area contributed by atoms with Crippen molar-refractivity contribution in [2.75, 3.05) is 19.1 Å². The Morgan fingerprint density at radius 2 is 2.05 bits per heavy atom. The fourth-order valence-corrected chi connectivity index (χ4v) is 3.50. The third kappa shape index (κ3) is 4.15. The first-order valence-electron chi connectivity index (χ1n) is 6.39. The summed E-state index contributed by atoms with van der Waals surface area (Å²) in [5.41, 5.74) is 0.941. The Hall–Kier alpha value is -1.66. The second-order valence-corrected chi connectivity index (χ2v) is 6.89. The number of rotatable bonds is 6. The second kappa shape index (κ2) is 7.38. The molecule has 0 aliphatic heterocycles. The normalized spacial score (nSPS) is 13.4. The maximum Gasteiger partial charge on any atom is 0.265 e. The van der Waals surface area contributed by atoms with E-state index in [9.17, 15) is 9.00 Å². The number of nitrogens with one attached hydrogen (secondary N) is 1. The molecule has 0 aliphatic rings. The van der Waals surface area contributed by atoms with Crippen LogP contribution in [0.3, 0.4) is 0 Å². The van der Waals surface area contributed by atoms with E-state index in [0.29, 0.717) is 16.4 Å². The van der Waals surface area contributed by atoms with Crippen LogP contribution in [0.25, 0.3) is 0 Å². The van der Waals surface area contributed by atoms with Crippen LogP contribution < -0.4 is 10.1 Å². The van der Waals surface area contributed by atoms with Crippen molar-refractivity contribution in [1.29, 1.82) is 0 Å². The molecule has 0 saturated carbocycles. The van der Waals surface area contributed by atoms with E-state index in [0.717, 1.165) is 5.56 Å². The Morgan fingerprint density at radius 3 is 2.67 bits per heavy atom. The summed E-state index contributed by atoms with van der Waals surface area (Å²) in [6.45, 7) is 0. The fourth-order valence-electron chi connectivity index (χ4n) is 1.99. The van der Waals surface area contributed by atoms with Gasteiger partial charge in [0.05, 0.1) is 13.2 Å². The van der Waals surface area contributed by atoms with Crippen LogP contribution in [0.5, 0.6) is 5.75 Å². The van der Waals surface area contributed by atoms with Crippen LogP contribution >= 0.6 is 11.3 Å². The van der Waals surface area contributed by atoms with Gasteiger partial charge in [-0.2, -0.15) is 0 Å². The number of amides is 1. The molecule has 1 aromatic heterocycles. The number of carbonyl (C=O) groups is 1. The number of hydrogen-bond acceptors (Lipinski definition) is 4. The van der Waals surface area contributed by atoms with E-state index in [1.807, 2.05) is 35.7 Å². The number of methoxy groups -OCH3 is 1. The van der Waals surface area contributed by atoms with Crippen molar-refractivity contribution in [2.45, 2.75) is 6.04 Å². The van der Waals surface area contributed by atoms with E-state index < -0.39 is 10.8 Å². The molecule has 0 fully saturated rings. The highest BCUT2D eigenvalue weighted by Crippen LogP contribution is 2.25. The highest BCUT2D eigenvalue weighted by Gasteiger charge is 2.20. The first kappa shape index (κ1) is 15.7. The lowest BCUT2D eigenvalue weighted by Crippen LogP contribution is -2.31. The Morgan fingerprint density at radius 1 is 1.33 bits per heavy atom. The molecule has 1 heterocycles. The zero-order valence-corrected chi connectivity index (χ0v) is 13.5. The highest BCUT2D eigenvalue weighted by molar-refractivity contribution is 7.84. The van der Waals surface area contributed by atoms with Crippen LogP contribution in [0, 0.1) is 0 Å². The van der Waals surface area contributed by atoms with Crippen LogP contribution in [0.2, 0.25) is 0 Å². The minimum Gasteiger partial charge on any atom is -0.495 e. The van der Waals surface area contributed by atoms with Crippen LogP contribution in [0.4, 0.5) is 0 Å². The summed E-state index contributed by atoms with van der Waals surface area (Å²) in [6.07, 6.45) is 1.63. The van der Waals surface area contributed by atoms with Gasteiger partial charge in [-0.25, -0.2) is 0 Å². The first-order chi connectivity index (χ1) is 10.1. The molecular formula is C15H17NO3S2. The Bertz CT molecular complexity index is 625. The third-order valence-corrected chi connectivity index (χ3v) is 4.66. The minimum absolute atomic E-state index is 0.207. The first-order valence-corrected chi connectivity index (χ1v) is 9.00. The standard InChI is InChI=1S/C15H17NO3S2/c1-19-13-8-9-20-14(13)15(17)16-12(10-21(2)18)11-6-4-3-5-7-11/h3-9,12H,10H2,1-2H3,(H,16,17)/t12-,21+/m0/s1. The minimum atomic E-state index is -1.01. The third-order valence-electron chi connectivity index (χ3n) is 2.96. The van der Waals surface area contributed by atoms with Gasteiger partial charge in [0.15, 0.2) is 0 Å². The summed E-state index contributed by atoms with van der Waals surface area (Å²) in [6, 6.07) is 11.0. The molecule has 0 unspecified atom stereocenters. The molecule has 1 amide bonds. The summed E-state index contributed by atoms with van der Waals surface area (Å²) in [5, 5.41) is 4.75. The zero-order valence-electron chi connectivity index (χ0n) is 11.9. The average molecular weight is 323 g/mol. The number of hydrogen-bond donors (Lipinski definition) is 1. The van der Waals surface area contributed by atoms with Crippen LogP contribution in [-0.2, 0) is 10.8 Å². The molecule has 0 radical (unpaired) electrons. The summed E-state index contributed by atoms with van der Waals surface area (Å²) in [7, 11) is 0.527. The molecule has 0 bridgehead atoms. The largest absolute Gasteiger partial charge is 0.495 e. The molecule has 6 heteroatoms. The summed E-state index contributed by atoms with van der Waals surface area (Å²) < 4.78 is 16.7. The van der Waals surface area contributed by atoms with Crippen molar-refractivity contribution in [3.05, 3.63) is 52.2 Å². The van der Waals surface area contributed by atoms with E-state index in [1.54, 1.807) is 12.3 Å². The van der Waals surface area contributed by atoms with E-state index in [2.05, 4.69) is 5.32 Å². The van der Waals surface area contributed by atoms with Crippen molar-refractivity contribution in [1.82, 2.24) is 5.32 Å². The van der Waals surface area contributed by atoms with Gasteiger partial charge in [0, 0.05) is 22.8 Å². The van der Waals surface area contributed by atoms with Crippen molar-refractivity contribution in [3.8, 4) is 5.75 Å². The summed E-state index contributed by atoms with van der Waals surface area (Å²) in [5.74, 6) is 0.728. The van der Waals surface area contributed by atoms with Crippen LogP contribution in [-0.4, -0.2) is 29.2 Å². The van der Waals surface area contributed by atoms with Gasteiger partial charge < -0.3 is 10.1 Å². The quantitative estimate of drug-likeness (QED) is 0.889. The lowest BCUT2D eigenvalue weighted by Gasteiger charge is -2.18. The molecule has 1 aromatic carbocycles. The monoisotopic (exact) mass is 323 g/mol. The lowest BCUT2D eigenvalue weighted by atomic mass is 10.1. The maximum absolute atomic E-state index is 12.4. The number of benzene rings is 1. The van der Waals surface area contributed by atoms with Gasteiger partial charge in [-0.3, -0.25) is 9.00 Å². The van der Waals surface area contributed by atoms with E-state index in [-0.39, 0.29) is 11.9 Å². The van der Waals surface area contributed by atoms with Crippen molar-refractivity contribution < 1.29 is 13.7 Å². The second-order valence-electron chi connectivity index (χ2n) is 4.49. The number of carbonyl (C=O) groups excluding carboxylic acids is 1. The number of thiophene rings is 1. The average Bonchev–Trinajstić information content (AvgIpc) is 2.95. The number of ether oxygens (including phenoxy) is 1. The lowest BCUT2D eigenvalue weighted by molar-refractivity contribution is 0.0942. The summed E-state index contributed by atoms with van der Waals surface area (Å²) >= 11 is 1.33. The smallest absolute Gasteiger partial charge is 0.265 e. The van der Waals surface area contributed by atoms with Crippen molar-refractivity contribution in [2.24, 2.45) is 0 Å². The molecule has 0 aliphatic carbocycles. The predicted octanol–water partition coefficient (Wildman–Crippen LogP) is 2.61. The molecule has 2 rings (SSSR count). The molecular weight excluding hydrogens is 306 g/mol. The predicted molar refractivity (Wildman–Crippen MR) is 86.5 cm³/mol. The maximum atomic E-state index is 12.4. The van der Waals surface area contributed by atoms with Gasteiger partial charge in [0.2, 0.25) is 0 Å². The highest BCUT2D eigenvalue weighted by atomic mass is 32.2. The van der Waals surface area contributed by atoms with E-state index in [1.165, 1.54) is 18.4 Å². The topological polar surface area (TPSA) is 55.4 Å². The van der Waals surface area contributed by atoms with Gasteiger partial charge in [-0.15, -0.1) is 11.3 Å². The van der Waals surface area contributed by atoms with Crippen molar-refractivity contribution >= 4 is 28.0 Å². The van der Waals surface area contributed by atoms with Gasteiger partial charge in [-0.1, -0.05) is 30.3 Å². The van der Waals surface area contributed by atoms with E-state index in [4.69, 9.17) is 4.74 Å². The Balaban J connectivity index is 2.19. The Labute approximate surface area is 130 Å². The molecule has 0 spiro atoms. The van der Waals surface area contributed by atoms with Gasteiger partial charge in [0.1, 0.15) is 10.6 Å². The van der Waals surface area contributed by atoms with Crippen LogP contribution in [0.15, 0.2) is 41.8 Å². The molecule has 1 N–H and O–H groups in total. The fraction of sp³-hybridized carbons (Fsp3) is 0.267. The molecule has 2 atom stereocenters. The van der Waals surface area contributed by atoms with Crippen molar-refractivity contribution in [3.63, 3.8) is 0 Å². The molecule has 0 saturated heterocycles. The van der Waals surface area contributed by atoms with Gasteiger partial charge >= 0.3 is 0 Å². The van der Waals surface area contributed by atoms with Gasteiger partial charge in [0.25, 0.3) is 5.91 Å². The zero-order chi connectivity index (χ0) is 15.2. The summed E-state index contributed by atoms with van der Waals surface area (Å²) in [4.78, 5) is 12.9. The molecule has 2 aromatic rings. The molecule has 4 nitrogen and oxygen atoms in total. The molecule has 21 heavy (non-hydrogen) atoms. The van der Waals surface area contributed by atoms with Crippen LogP contribution in [0.1, 0.15) is 21.3 Å². The van der Waals surface area contributed by atoms with Gasteiger partial charge in [-0.05, 0) is 17.0 Å². The molecule has 112 valence electrons. The SMILES string of the molecule is COc1ccsc1C(=O)N[C@@H](C[S@@](C)=O)c1ccccc1.